The average molecular weight is 287 g/mol. The van der Waals surface area contributed by atoms with Gasteiger partial charge in [-0.05, 0) is 12.0 Å². The fourth-order valence-corrected chi connectivity index (χ4v) is 2.51. The summed E-state index contributed by atoms with van der Waals surface area (Å²) in [6.07, 6.45) is 1.73. The van der Waals surface area contributed by atoms with E-state index in [-0.39, 0.29) is 18.9 Å². The Bertz CT molecular complexity index is 646. The summed E-state index contributed by atoms with van der Waals surface area (Å²) >= 11 is 0. The SMILES string of the molecule is CC(C)CN(CC(N)=O)CC(=O)c1c[nH]c2ccccc12. The number of benzene rings is 1. The number of para-hydroxylation sites is 1. The molecule has 1 amide bonds. The predicted molar refractivity (Wildman–Crippen MR) is 83.1 cm³/mol. The van der Waals surface area contributed by atoms with Crippen LogP contribution in [-0.2, 0) is 4.79 Å². The second-order valence-corrected chi connectivity index (χ2v) is 5.70. The van der Waals surface area contributed by atoms with Gasteiger partial charge in [0.25, 0.3) is 0 Å². The third kappa shape index (κ3) is 3.92. The van der Waals surface area contributed by atoms with Crippen LogP contribution in [-0.4, -0.2) is 41.2 Å². The standard InChI is InChI=1S/C16H21N3O2/c1-11(2)8-19(10-16(17)21)9-15(20)13-7-18-14-6-4-3-5-12(13)14/h3-7,11,18H,8-10H2,1-2H3,(H2,17,21). The molecule has 0 aliphatic heterocycles. The Hall–Kier alpha value is -2.14. The number of nitrogens with zero attached hydrogens (tertiary/aromatic N) is 1. The van der Waals surface area contributed by atoms with Gasteiger partial charge in [0.2, 0.25) is 5.91 Å². The maximum absolute atomic E-state index is 12.5. The fourth-order valence-electron chi connectivity index (χ4n) is 2.51. The molecule has 2 rings (SSSR count). The lowest BCUT2D eigenvalue weighted by molar-refractivity contribution is -0.119. The molecule has 21 heavy (non-hydrogen) atoms. The first kappa shape index (κ1) is 15.3. The Morgan fingerprint density at radius 3 is 2.62 bits per heavy atom. The van der Waals surface area contributed by atoms with E-state index in [1.807, 2.05) is 38.1 Å². The van der Waals surface area contributed by atoms with Crippen molar-refractivity contribution in [3.8, 4) is 0 Å². The van der Waals surface area contributed by atoms with E-state index in [4.69, 9.17) is 5.73 Å². The number of hydrogen-bond donors (Lipinski definition) is 2. The summed E-state index contributed by atoms with van der Waals surface area (Å²) in [7, 11) is 0. The molecule has 0 saturated carbocycles. The molecule has 0 unspecified atom stereocenters. The lowest BCUT2D eigenvalue weighted by Gasteiger charge is -2.21. The third-order valence-corrected chi connectivity index (χ3v) is 3.26. The van der Waals surface area contributed by atoms with Crippen LogP contribution in [0.1, 0.15) is 24.2 Å². The quantitative estimate of drug-likeness (QED) is 0.762. The minimum absolute atomic E-state index is 0.00523. The minimum Gasteiger partial charge on any atom is -0.369 e. The number of nitrogens with one attached hydrogen (secondary N) is 1. The van der Waals surface area contributed by atoms with Crippen molar-refractivity contribution in [2.45, 2.75) is 13.8 Å². The first-order valence-corrected chi connectivity index (χ1v) is 7.07. The average Bonchev–Trinajstić information content (AvgIpc) is 2.80. The van der Waals surface area contributed by atoms with Crippen molar-refractivity contribution in [1.29, 1.82) is 0 Å². The molecule has 0 atom stereocenters. The number of ketones is 1. The predicted octanol–water partition coefficient (Wildman–Crippen LogP) is 1.79. The number of primary amides is 1. The number of amides is 1. The normalized spacial score (nSPS) is 11.4. The lowest BCUT2D eigenvalue weighted by Crippen LogP contribution is -2.39. The number of nitrogens with two attached hydrogens (primary N) is 1. The van der Waals surface area contributed by atoms with Gasteiger partial charge in [-0.1, -0.05) is 32.0 Å². The van der Waals surface area contributed by atoms with Crippen LogP contribution in [0.15, 0.2) is 30.5 Å². The molecule has 0 saturated heterocycles. The fraction of sp³-hybridized carbons (Fsp3) is 0.375. The van der Waals surface area contributed by atoms with Crippen LogP contribution in [0.25, 0.3) is 10.9 Å². The minimum atomic E-state index is -0.414. The van der Waals surface area contributed by atoms with Crippen LogP contribution < -0.4 is 5.73 Å². The van der Waals surface area contributed by atoms with E-state index < -0.39 is 5.91 Å². The smallest absolute Gasteiger partial charge is 0.231 e. The van der Waals surface area contributed by atoms with Crippen LogP contribution in [0.2, 0.25) is 0 Å². The zero-order valence-electron chi connectivity index (χ0n) is 12.4. The van der Waals surface area contributed by atoms with Gasteiger partial charge in [0.15, 0.2) is 5.78 Å². The molecular formula is C16H21N3O2. The monoisotopic (exact) mass is 287 g/mol. The van der Waals surface area contributed by atoms with E-state index in [9.17, 15) is 9.59 Å². The van der Waals surface area contributed by atoms with Gasteiger partial charge in [-0.25, -0.2) is 0 Å². The largest absolute Gasteiger partial charge is 0.369 e. The van der Waals surface area contributed by atoms with E-state index >= 15 is 0 Å². The van der Waals surface area contributed by atoms with Crippen LogP contribution in [0, 0.1) is 5.92 Å². The van der Waals surface area contributed by atoms with Gasteiger partial charge in [0, 0.05) is 29.2 Å². The van der Waals surface area contributed by atoms with Crippen LogP contribution >= 0.6 is 0 Å². The van der Waals surface area contributed by atoms with E-state index in [0.717, 1.165) is 10.9 Å². The molecule has 0 aliphatic rings. The number of fused-ring (bicyclic) bond motifs is 1. The summed E-state index contributed by atoms with van der Waals surface area (Å²) in [6.45, 7) is 5.06. The Kier molecular flexibility index (Phi) is 4.75. The van der Waals surface area contributed by atoms with Gasteiger partial charge in [-0.2, -0.15) is 0 Å². The van der Waals surface area contributed by atoms with Gasteiger partial charge < -0.3 is 10.7 Å². The summed E-state index contributed by atoms with van der Waals surface area (Å²) < 4.78 is 0. The van der Waals surface area contributed by atoms with Crippen molar-refractivity contribution in [3.63, 3.8) is 0 Å². The molecule has 0 bridgehead atoms. The number of carbonyl (C=O) groups is 2. The number of hydrogen-bond acceptors (Lipinski definition) is 3. The molecular weight excluding hydrogens is 266 g/mol. The van der Waals surface area contributed by atoms with Crippen molar-refractivity contribution in [1.82, 2.24) is 9.88 Å². The first-order valence-electron chi connectivity index (χ1n) is 7.07. The second kappa shape index (κ2) is 6.54. The lowest BCUT2D eigenvalue weighted by atomic mass is 10.1. The maximum Gasteiger partial charge on any atom is 0.231 e. The van der Waals surface area contributed by atoms with Crippen LogP contribution in [0.4, 0.5) is 0 Å². The van der Waals surface area contributed by atoms with Crippen molar-refractivity contribution < 1.29 is 9.59 Å². The molecule has 1 aromatic carbocycles. The molecule has 3 N–H and O–H groups in total. The first-order chi connectivity index (χ1) is 9.97. The number of rotatable bonds is 7. The molecule has 112 valence electrons. The van der Waals surface area contributed by atoms with Crippen LogP contribution in [0.5, 0.6) is 0 Å². The number of carbonyl (C=O) groups excluding carboxylic acids is 2. The summed E-state index contributed by atoms with van der Waals surface area (Å²) in [5.74, 6) is -0.0585. The van der Waals surface area contributed by atoms with Crippen molar-refractivity contribution in [2.24, 2.45) is 11.7 Å². The molecule has 2 aromatic rings. The van der Waals surface area contributed by atoms with Gasteiger partial charge in [0.05, 0.1) is 13.1 Å². The van der Waals surface area contributed by atoms with Gasteiger partial charge in [0.1, 0.15) is 0 Å². The summed E-state index contributed by atoms with van der Waals surface area (Å²) in [5.41, 5.74) is 6.85. The third-order valence-electron chi connectivity index (χ3n) is 3.26. The van der Waals surface area contributed by atoms with Crippen LogP contribution in [0.3, 0.4) is 0 Å². The van der Waals surface area contributed by atoms with E-state index in [0.29, 0.717) is 18.0 Å². The highest BCUT2D eigenvalue weighted by Gasteiger charge is 2.18. The molecule has 0 radical (unpaired) electrons. The Morgan fingerprint density at radius 1 is 1.24 bits per heavy atom. The molecule has 1 heterocycles. The summed E-state index contributed by atoms with van der Waals surface area (Å²) in [6, 6.07) is 7.68. The zero-order chi connectivity index (χ0) is 15.4. The Balaban J connectivity index is 2.16. The topological polar surface area (TPSA) is 79.2 Å². The van der Waals surface area contributed by atoms with Gasteiger partial charge in [-0.3, -0.25) is 14.5 Å². The zero-order valence-corrected chi connectivity index (χ0v) is 12.4. The molecule has 0 aliphatic carbocycles. The molecule has 5 heteroatoms. The van der Waals surface area contributed by atoms with E-state index in [1.54, 1.807) is 11.1 Å². The Morgan fingerprint density at radius 2 is 1.95 bits per heavy atom. The molecule has 0 fully saturated rings. The number of Topliss-reactive ketones (excluding diaryl/α,β-unsaturated/α-hetero) is 1. The number of H-pyrrole nitrogens is 1. The molecule has 1 aromatic heterocycles. The highest BCUT2D eigenvalue weighted by molar-refractivity contribution is 6.08. The summed E-state index contributed by atoms with van der Waals surface area (Å²) in [5, 5.41) is 0.908. The van der Waals surface area contributed by atoms with Crippen molar-refractivity contribution >= 4 is 22.6 Å². The number of aromatic amines is 1. The highest BCUT2D eigenvalue weighted by Crippen LogP contribution is 2.18. The van der Waals surface area contributed by atoms with Crippen molar-refractivity contribution in [2.75, 3.05) is 19.6 Å². The highest BCUT2D eigenvalue weighted by atomic mass is 16.1. The second-order valence-electron chi connectivity index (χ2n) is 5.70. The molecule has 0 spiro atoms. The Labute approximate surface area is 124 Å². The maximum atomic E-state index is 12.5. The van der Waals surface area contributed by atoms with Crippen molar-refractivity contribution in [3.05, 3.63) is 36.0 Å². The molecule has 5 nitrogen and oxygen atoms in total. The van der Waals surface area contributed by atoms with E-state index in [1.165, 1.54) is 0 Å². The number of aromatic nitrogens is 1. The van der Waals surface area contributed by atoms with E-state index in [2.05, 4.69) is 4.98 Å². The van der Waals surface area contributed by atoms with Gasteiger partial charge in [-0.15, -0.1) is 0 Å². The summed E-state index contributed by atoms with van der Waals surface area (Å²) in [4.78, 5) is 28.5. The van der Waals surface area contributed by atoms with Gasteiger partial charge >= 0.3 is 0 Å².